The van der Waals surface area contributed by atoms with Crippen molar-refractivity contribution in [2.45, 2.75) is 78.5 Å². The lowest BCUT2D eigenvalue weighted by atomic mass is 9.99. The van der Waals surface area contributed by atoms with E-state index < -0.39 is 29.7 Å². The fraction of sp³-hybridized carbons (Fsp3) is 0.455. The SMILES string of the molecule is CCCN(CCC)C(=O)c1cc(C)cc(C(=O)NC(Cc2cc(F)cc(F)c2)[C@H](O)CNCc2cncc(C(C)C)n2)c1. The van der Waals surface area contributed by atoms with Gasteiger partial charge in [-0.05, 0) is 73.6 Å². The summed E-state index contributed by atoms with van der Waals surface area (Å²) < 4.78 is 28.0. The number of aromatic nitrogens is 2. The molecule has 3 N–H and O–H groups in total. The Kier molecular flexibility index (Phi) is 12.7. The molecule has 0 saturated heterocycles. The Morgan fingerprint density at radius 2 is 1.60 bits per heavy atom. The van der Waals surface area contributed by atoms with E-state index in [2.05, 4.69) is 20.6 Å². The summed E-state index contributed by atoms with van der Waals surface area (Å²) >= 11 is 0. The first-order valence-corrected chi connectivity index (χ1v) is 14.9. The van der Waals surface area contributed by atoms with Crippen LogP contribution in [0.25, 0.3) is 0 Å². The zero-order chi connectivity index (χ0) is 31.5. The quantitative estimate of drug-likeness (QED) is 0.230. The van der Waals surface area contributed by atoms with Crippen molar-refractivity contribution in [2.75, 3.05) is 19.6 Å². The van der Waals surface area contributed by atoms with E-state index in [-0.39, 0.29) is 35.9 Å². The minimum atomic E-state index is -1.12. The molecule has 0 bridgehead atoms. The second-order valence-electron chi connectivity index (χ2n) is 11.2. The van der Waals surface area contributed by atoms with Crippen molar-refractivity contribution < 1.29 is 23.5 Å². The maximum Gasteiger partial charge on any atom is 0.253 e. The number of halogens is 2. The van der Waals surface area contributed by atoms with Crippen LogP contribution < -0.4 is 10.6 Å². The number of aliphatic hydroxyl groups excluding tert-OH is 1. The monoisotopic (exact) mass is 595 g/mol. The third-order valence-electron chi connectivity index (χ3n) is 6.97. The van der Waals surface area contributed by atoms with Crippen LogP contribution in [0.5, 0.6) is 0 Å². The van der Waals surface area contributed by atoms with Crippen molar-refractivity contribution in [2.24, 2.45) is 0 Å². The molecule has 0 saturated carbocycles. The molecule has 0 aliphatic carbocycles. The normalized spacial score (nSPS) is 12.7. The fourth-order valence-corrected chi connectivity index (χ4v) is 4.87. The van der Waals surface area contributed by atoms with E-state index in [1.165, 1.54) is 12.1 Å². The number of carbonyl (C=O) groups is 2. The zero-order valence-electron chi connectivity index (χ0n) is 25.7. The highest BCUT2D eigenvalue weighted by molar-refractivity contribution is 6.00. The third kappa shape index (κ3) is 10.2. The van der Waals surface area contributed by atoms with E-state index in [1.54, 1.807) is 42.4 Å². The highest BCUT2D eigenvalue weighted by Gasteiger charge is 2.24. The van der Waals surface area contributed by atoms with E-state index in [1.807, 2.05) is 27.7 Å². The van der Waals surface area contributed by atoms with Gasteiger partial charge in [0.25, 0.3) is 11.8 Å². The first-order valence-electron chi connectivity index (χ1n) is 14.9. The van der Waals surface area contributed by atoms with Crippen molar-refractivity contribution in [1.29, 1.82) is 0 Å². The number of carbonyl (C=O) groups excluding carboxylic acids is 2. The summed E-state index contributed by atoms with van der Waals surface area (Å²) in [6, 6.07) is 7.19. The van der Waals surface area contributed by atoms with Gasteiger partial charge in [-0.2, -0.15) is 0 Å². The van der Waals surface area contributed by atoms with Gasteiger partial charge in [0.15, 0.2) is 0 Å². The van der Waals surface area contributed by atoms with Gasteiger partial charge in [-0.25, -0.2) is 8.78 Å². The van der Waals surface area contributed by atoms with E-state index in [0.717, 1.165) is 30.2 Å². The molecule has 43 heavy (non-hydrogen) atoms. The molecule has 8 nitrogen and oxygen atoms in total. The number of nitrogens with one attached hydrogen (secondary N) is 2. The largest absolute Gasteiger partial charge is 0.390 e. The topological polar surface area (TPSA) is 107 Å². The zero-order valence-corrected chi connectivity index (χ0v) is 25.7. The van der Waals surface area contributed by atoms with Crippen LogP contribution in [-0.4, -0.2) is 63.6 Å². The lowest BCUT2D eigenvalue weighted by Gasteiger charge is -2.25. The second kappa shape index (κ2) is 16.2. The minimum Gasteiger partial charge on any atom is -0.390 e. The molecular weight excluding hydrogens is 552 g/mol. The van der Waals surface area contributed by atoms with Gasteiger partial charge >= 0.3 is 0 Å². The van der Waals surface area contributed by atoms with Crippen molar-refractivity contribution >= 4 is 11.8 Å². The molecular formula is C33H43F2N5O3. The van der Waals surface area contributed by atoms with Gasteiger partial charge in [0.2, 0.25) is 0 Å². The highest BCUT2D eigenvalue weighted by atomic mass is 19.1. The number of benzene rings is 2. The second-order valence-corrected chi connectivity index (χ2v) is 11.2. The number of hydrogen-bond donors (Lipinski definition) is 3. The summed E-state index contributed by atoms with van der Waals surface area (Å²) in [4.78, 5) is 37.3. The molecule has 2 aromatic carbocycles. The van der Waals surface area contributed by atoms with E-state index >= 15 is 0 Å². The third-order valence-corrected chi connectivity index (χ3v) is 6.97. The summed E-state index contributed by atoms with van der Waals surface area (Å²) in [5.41, 5.74) is 3.23. The number of nitrogens with zero attached hydrogens (tertiary/aromatic N) is 3. The van der Waals surface area contributed by atoms with Gasteiger partial charge in [0.05, 0.1) is 23.5 Å². The van der Waals surface area contributed by atoms with Crippen LogP contribution in [0.3, 0.4) is 0 Å². The van der Waals surface area contributed by atoms with Gasteiger partial charge in [0.1, 0.15) is 11.6 Å². The Bertz CT molecular complexity index is 1360. The maximum atomic E-state index is 14.0. The van der Waals surface area contributed by atoms with Crippen LogP contribution >= 0.6 is 0 Å². The molecule has 2 amide bonds. The van der Waals surface area contributed by atoms with Crippen molar-refractivity contribution in [3.05, 3.63) is 94.1 Å². The van der Waals surface area contributed by atoms with Gasteiger partial charge in [-0.15, -0.1) is 0 Å². The highest BCUT2D eigenvalue weighted by Crippen LogP contribution is 2.16. The number of amides is 2. The molecule has 0 fully saturated rings. The van der Waals surface area contributed by atoms with Crippen molar-refractivity contribution in [3.8, 4) is 0 Å². The smallest absolute Gasteiger partial charge is 0.253 e. The molecule has 3 aromatic rings. The maximum absolute atomic E-state index is 14.0. The minimum absolute atomic E-state index is 0.0235. The van der Waals surface area contributed by atoms with Gasteiger partial charge in [0, 0.05) is 55.8 Å². The van der Waals surface area contributed by atoms with E-state index in [0.29, 0.717) is 30.9 Å². The molecule has 2 atom stereocenters. The summed E-state index contributed by atoms with van der Waals surface area (Å²) in [6.45, 7) is 11.5. The molecule has 0 aliphatic heterocycles. The summed E-state index contributed by atoms with van der Waals surface area (Å²) in [5, 5.41) is 17.1. The molecule has 232 valence electrons. The standard InChI is InChI=1S/C33H43F2N5O3/c1-6-8-40(9-7-2)33(43)25-11-22(5)10-24(15-25)32(42)39-29(14-23-12-26(34)16-27(35)13-23)31(41)20-37-18-28-17-36-19-30(38-28)21(3)4/h10-13,15-17,19,21,29,31,37,41H,6-9,14,18,20H2,1-5H3,(H,39,42)/t29?,31-/m1/s1. The van der Waals surface area contributed by atoms with Crippen LogP contribution in [0.4, 0.5) is 8.78 Å². The van der Waals surface area contributed by atoms with Gasteiger partial charge in [-0.1, -0.05) is 27.7 Å². The lowest BCUT2D eigenvalue weighted by molar-refractivity contribution is 0.0755. The Balaban J connectivity index is 1.80. The first kappa shape index (κ1) is 33.7. The lowest BCUT2D eigenvalue weighted by Crippen LogP contribution is -2.48. The number of rotatable bonds is 15. The molecule has 1 heterocycles. The Morgan fingerprint density at radius 1 is 0.953 bits per heavy atom. The number of aryl methyl sites for hydroxylation is 1. The van der Waals surface area contributed by atoms with E-state index in [4.69, 9.17) is 0 Å². The number of hydrogen-bond acceptors (Lipinski definition) is 6. The molecule has 1 unspecified atom stereocenters. The van der Waals surface area contributed by atoms with Crippen molar-refractivity contribution in [1.82, 2.24) is 25.5 Å². The summed E-state index contributed by atoms with van der Waals surface area (Å²) in [7, 11) is 0. The predicted molar refractivity (Wildman–Crippen MR) is 163 cm³/mol. The molecule has 1 aromatic heterocycles. The average molecular weight is 596 g/mol. The van der Waals surface area contributed by atoms with E-state index in [9.17, 15) is 23.5 Å². The molecule has 0 aliphatic rings. The Labute approximate surface area is 252 Å². The summed E-state index contributed by atoms with van der Waals surface area (Å²) in [5.74, 6) is -1.94. The van der Waals surface area contributed by atoms with Crippen LogP contribution in [-0.2, 0) is 13.0 Å². The summed E-state index contributed by atoms with van der Waals surface area (Å²) in [6.07, 6.45) is 3.83. The van der Waals surface area contributed by atoms with Crippen LogP contribution in [0.2, 0.25) is 0 Å². The Morgan fingerprint density at radius 3 is 2.23 bits per heavy atom. The Hall–Kier alpha value is -3.76. The predicted octanol–water partition coefficient (Wildman–Crippen LogP) is 4.94. The van der Waals surface area contributed by atoms with Gasteiger partial charge < -0.3 is 20.6 Å². The molecule has 0 spiro atoms. The van der Waals surface area contributed by atoms with Crippen LogP contribution in [0.15, 0.2) is 48.8 Å². The van der Waals surface area contributed by atoms with Crippen LogP contribution in [0, 0.1) is 18.6 Å². The molecule has 3 rings (SSSR count). The molecule has 0 radical (unpaired) electrons. The number of aliphatic hydroxyl groups is 1. The first-order chi connectivity index (χ1) is 20.5. The average Bonchev–Trinajstić information content (AvgIpc) is 2.95. The van der Waals surface area contributed by atoms with Crippen molar-refractivity contribution in [3.63, 3.8) is 0 Å². The molecule has 10 heteroatoms. The van der Waals surface area contributed by atoms with Gasteiger partial charge in [-0.3, -0.25) is 19.6 Å². The fourth-order valence-electron chi connectivity index (χ4n) is 4.87. The van der Waals surface area contributed by atoms with Crippen LogP contribution in [0.1, 0.15) is 89.7 Å².